The van der Waals surface area contributed by atoms with Crippen LogP contribution in [0.5, 0.6) is 5.75 Å². The van der Waals surface area contributed by atoms with Gasteiger partial charge in [-0.05, 0) is 34.9 Å². The highest BCUT2D eigenvalue weighted by atomic mass is 35.5. The smallest absolute Gasteiger partial charge is 0.254 e. The second-order valence-electron chi connectivity index (χ2n) is 8.74. The molecule has 0 amide bonds. The zero-order valence-corrected chi connectivity index (χ0v) is 22.1. The second kappa shape index (κ2) is 9.97. The second-order valence-corrected chi connectivity index (χ2v) is 11.3. The zero-order valence-electron chi connectivity index (χ0n) is 19.8. The van der Waals surface area contributed by atoms with Crippen molar-refractivity contribution in [2.24, 2.45) is 0 Å². The van der Waals surface area contributed by atoms with Gasteiger partial charge in [0, 0.05) is 17.2 Å². The van der Waals surface area contributed by atoms with Gasteiger partial charge in [-0.25, -0.2) is 17.9 Å². The Labute approximate surface area is 219 Å². The summed E-state index contributed by atoms with van der Waals surface area (Å²) in [6.07, 6.45) is 4.41. The number of aromatic nitrogens is 3. The first-order valence-corrected chi connectivity index (χ1v) is 13.7. The Morgan fingerprint density at radius 1 is 1.14 bits per heavy atom. The zero-order chi connectivity index (χ0) is 26.1. The van der Waals surface area contributed by atoms with Gasteiger partial charge >= 0.3 is 0 Å². The van der Waals surface area contributed by atoms with Crippen LogP contribution in [0.25, 0.3) is 16.6 Å². The normalized spacial score (nSPS) is 11.9. The van der Waals surface area contributed by atoms with E-state index in [0.29, 0.717) is 22.2 Å². The SMILES string of the molecule is CC(C)(c1ccc(-c2cc3cnc(NS(C)(=O)=O)nn3c2)cc1)c1cc(Cl)c(OCCCl)c(C#N)c1. The first-order chi connectivity index (χ1) is 17.0. The molecule has 0 aliphatic rings. The molecule has 0 saturated heterocycles. The maximum atomic E-state index is 11.5. The Balaban J connectivity index is 1.63. The highest BCUT2D eigenvalue weighted by Gasteiger charge is 2.26. The molecule has 0 unspecified atom stereocenters. The van der Waals surface area contributed by atoms with E-state index in [1.54, 1.807) is 16.8 Å². The monoisotopic (exact) mass is 543 g/mol. The predicted molar refractivity (Wildman–Crippen MR) is 141 cm³/mol. The third-order valence-electron chi connectivity index (χ3n) is 5.78. The van der Waals surface area contributed by atoms with Crippen LogP contribution in [-0.4, -0.2) is 41.8 Å². The largest absolute Gasteiger partial charge is 0.489 e. The van der Waals surface area contributed by atoms with Gasteiger partial charge in [0.05, 0.1) is 34.4 Å². The van der Waals surface area contributed by atoms with E-state index >= 15 is 0 Å². The molecule has 0 fully saturated rings. The summed E-state index contributed by atoms with van der Waals surface area (Å²) in [5.74, 6) is 0.635. The van der Waals surface area contributed by atoms with Gasteiger partial charge in [-0.2, -0.15) is 5.26 Å². The molecule has 36 heavy (non-hydrogen) atoms. The average Bonchev–Trinajstić information content (AvgIpc) is 3.25. The van der Waals surface area contributed by atoms with E-state index in [4.69, 9.17) is 27.9 Å². The van der Waals surface area contributed by atoms with Crippen LogP contribution < -0.4 is 9.46 Å². The fourth-order valence-electron chi connectivity index (χ4n) is 3.85. The van der Waals surface area contributed by atoms with Crippen LogP contribution >= 0.6 is 23.2 Å². The number of rotatable bonds is 8. The Hall–Kier alpha value is -3.32. The molecule has 4 rings (SSSR count). The maximum absolute atomic E-state index is 11.5. The molecule has 186 valence electrons. The number of ether oxygens (including phenoxy) is 1. The van der Waals surface area contributed by atoms with Crippen molar-refractivity contribution >= 4 is 44.7 Å². The predicted octanol–water partition coefficient (Wildman–Crippen LogP) is 5.24. The number of hydrogen-bond acceptors (Lipinski definition) is 6. The molecular formula is C25H23Cl2N5O3S. The minimum absolute atomic E-state index is 0.00118. The molecule has 11 heteroatoms. The Morgan fingerprint density at radius 3 is 2.50 bits per heavy atom. The number of nitriles is 1. The number of benzene rings is 2. The highest BCUT2D eigenvalue weighted by molar-refractivity contribution is 7.91. The molecule has 0 saturated carbocycles. The summed E-state index contributed by atoms with van der Waals surface area (Å²) in [4.78, 5) is 4.05. The first kappa shape index (κ1) is 25.8. The van der Waals surface area contributed by atoms with Crippen molar-refractivity contribution in [3.05, 3.63) is 76.6 Å². The first-order valence-electron chi connectivity index (χ1n) is 10.9. The number of nitrogens with one attached hydrogen (secondary N) is 1. The lowest BCUT2D eigenvalue weighted by Gasteiger charge is -2.27. The quantitative estimate of drug-likeness (QED) is 0.304. The summed E-state index contributed by atoms with van der Waals surface area (Å²) >= 11 is 12.2. The van der Waals surface area contributed by atoms with E-state index in [-0.39, 0.29) is 12.6 Å². The van der Waals surface area contributed by atoms with E-state index in [0.717, 1.165) is 34.0 Å². The molecule has 0 bridgehead atoms. The van der Waals surface area contributed by atoms with Gasteiger partial charge in [-0.15, -0.1) is 16.7 Å². The molecule has 1 N–H and O–H groups in total. The van der Waals surface area contributed by atoms with Crippen molar-refractivity contribution < 1.29 is 13.2 Å². The number of nitrogens with zero attached hydrogens (tertiary/aromatic N) is 4. The number of halogens is 2. The van der Waals surface area contributed by atoms with Crippen LogP contribution in [0.3, 0.4) is 0 Å². The fraction of sp³-hybridized carbons (Fsp3) is 0.240. The Kier molecular flexibility index (Phi) is 7.14. The van der Waals surface area contributed by atoms with Crippen LogP contribution in [0.2, 0.25) is 5.02 Å². The van der Waals surface area contributed by atoms with Crippen LogP contribution in [0.15, 0.2) is 54.9 Å². The fourth-order valence-corrected chi connectivity index (χ4v) is 4.62. The topological polar surface area (TPSA) is 109 Å². The van der Waals surface area contributed by atoms with Crippen LogP contribution in [-0.2, 0) is 15.4 Å². The van der Waals surface area contributed by atoms with E-state index in [1.165, 1.54) is 0 Å². The average molecular weight is 544 g/mol. The van der Waals surface area contributed by atoms with Gasteiger partial charge < -0.3 is 4.74 Å². The summed E-state index contributed by atoms with van der Waals surface area (Å²) < 4.78 is 32.3. The van der Waals surface area contributed by atoms with Crippen molar-refractivity contribution in [3.8, 4) is 22.9 Å². The molecule has 8 nitrogen and oxygen atoms in total. The Bertz CT molecular complexity index is 1580. The molecule has 2 aromatic heterocycles. The maximum Gasteiger partial charge on any atom is 0.254 e. The molecule has 0 radical (unpaired) electrons. The number of anilines is 1. The minimum Gasteiger partial charge on any atom is -0.489 e. The molecule has 2 heterocycles. The number of fused-ring (bicyclic) bond motifs is 1. The number of sulfonamides is 1. The Morgan fingerprint density at radius 2 is 1.86 bits per heavy atom. The lowest BCUT2D eigenvalue weighted by atomic mass is 9.77. The summed E-state index contributed by atoms with van der Waals surface area (Å²) in [7, 11) is -3.47. The van der Waals surface area contributed by atoms with Gasteiger partial charge in [-0.3, -0.25) is 4.72 Å². The third-order valence-corrected chi connectivity index (χ3v) is 6.77. The van der Waals surface area contributed by atoms with Crippen LogP contribution in [0, 0.1) is 11.3 Å². The van der Waals surface area contributed by atoms with Crippen molar-refractivity contribution in [1.29, 1.82) is 5.26 Å². The van der Waals surface area contributed by atoms with E-state index in [2.05, 4.69) is 34.7 Å². The van der Waals surface area contributed by atoms with Gasteiger partial charge in [0.1, 0.15) is 12.7 Å². The number of hydrogen-bond donors (Lipinski definition) is 1. The molecule has 4 aromatic rings. The molecule has 0 atom stereocenters. The number of alkyl halides is 1. The molecular weight excluding hydrogens is 521 g/mol. The molecule has 0 aliphatic carbocycles. The molecule has 2 aromatic carbocycles. The van der Waals surface area contributed by atoms with Crippen molar-refractivity contribution in [2.75, 3.05) is 23.5 Å². The van der Waals surface area contributed by atoms with Gasteiger partial charge in [0.25, 0.3) is 5.95 Å². The third kappa shape index (κ3) is 5.41. The van der Waals surface area contributed by atoms with Gasteiger partial charge in [-0.1, -0.05) is 49.7 Å². The summed E-state index contributed by atoms with van der Waals surface area (Å²) in [5, 5.41) is 14.2. The summed E-state index contributed by atoms with van der Waals surface area (Å²) in [6, 6.07) is 15.8. The van der Waals surface area contributed by atoms with E-state index < -0.39 is 15.4 Å². The highest BCUT2D eigenvalue weighted by Crippen LogP contribution is 2.38. The van der Waals surface area contributed by atoms with E-state index in [9.17, 15) is 13.7 Å². The minimum atomic E-state index is -3.47. The van der Waals surface area contributed by atoms with Crippen LogP contribution in [0.4, 0.5) is 5.95 Å². The van der Waals surface area contributed by atoms with Crippen molar-refractivity contribution in [3.63, 3.8) is 0 Å². The van der Waals surface area contributed by atoms with Gasteiger partial charge in [0.15, 0.2) is 5.75 Å². The molecule has 0 aliphatic heterocycles. The van der Waals surface area contributed by atoms with E-state index in [1.807, 2.05) is 42.6 Å². The summed E-state index contributed by atoms with van der Waals surface area (Å²) in [5.41, 5.74) is 4.41. The standard InChI is InChI=1S/C25H23Cl2N5O3S/c1-25(2,20-10-17(13-28)23(22(27)12-20)35-9-8-26)19-6-4-16(5-7-19)18-11-21-14-29-24(30-32(21)15-18)31-36(3,33)34/h4-7,10-12,14-15H,8-9H2,1-3H3,(H,30,31). The summed E-state index contributed by atoms with van der Waals surface area (Å²) in [6.45, 7) is 4.38. The van der Waals surface area contributed by atoms with Crippen molar-refractivity contribution in [2.45, 2.75) is 19.3 Å². The lowest BCUT2D eigenvalue weighted by molar-refractivity contribution is 0.341. The molecule has 0 spiro atoms. The van der Waals surface area contributed by atoms with Crippen molar-refractivity contribution in [1.82, 2.24) is 14.6 Å². The lowest BCUT2D eigenvalue weighted by Crippen LogP contribution is -2.19. The van der Waals surface area contributed by atoms with Crippen LogP contribution in [0.1, 0.15) is 30.5 Å². The van der Waals surface area contributed by atoms with Gasteiger partial charge in [0.2, 0.25) is 10.0 Å².